The van der Waals surface area contributed by atoms with Crippen molar-refractivity contribution < 1.29 is 19.2 Å². The predicted octanol–water partition coefficient (Wildman–Crippen LogP) is 2.44. The van der Waals surface area contributed by atoms with Gasteiger partial charge in [-0.2, -0.15) is 4.98 Å². The molecule has 26 heavy (non-hydrogen) atoms. The fourth-order valence-electron chi connectivity index (χ4n) is 3.16. The topological polar surface area (TPSA) is 101 Å². The van der Waals surface area contributed by atoms with Gasteiger partial charge in [0.1, 0.15) is 5.75 Å². The Bertz CT molecular complexity index is 723. The average Bonchev–Trinajstić information content (AvgIpc) is 3.12. The van der Waals surface area contributed by atoms with Crippen LogP contribution in [-0.2, 0) is 6.42 Å². The lowest BCUT2D eigenvalue weighted by atomic mass is 9.97. The zero-order chi connectivity index (χ0) is 18.5. The third-order valence-corrected chi connectivity index (χ3v) is 4.73. The Labute approximate surface area is 152 Å². The molecule has 2 heterocycles. The van der Waals surface area contributed by atoms with E-state index in [1.54, 1.807) is 7.11 Å². The maximum atomic E-state index is 11.2. The largest absolute Gasteiger partial charge is 0.497 e. The molecule has 1 amide bonds. The Balaban J connectivity index is 1.73. The molecule has 0 spiro atoms. The Hall–Kier alpha value is -2.61. The first-order chi connectivity index (χ1) is 12.5. The smallest absolute Gasteiger partial charge is 0.405 e. The predicted molar refractivity (Wildman–Crippen MR) is 94.4 cm³/mol. The second-order valence-corrected chi connectivity index (χ2v) is 6.62. The number of carboxylic acid groups (broad SMARTS) is 1. The molecule has 2 N–H and O–H groups in total. The van der Waals surface area contributed by atoms with Gasteiger partial charge in [-0.3, -0.25) is 0 Å². The molecule has 1 fully saturated rings. The number of amides is 1. The van der Waals surface area contributed by atoms with E-state index in [2.05, 4.69) is 27.4 Å². The summed E-state index contributed by atoms with van der Waals surface area (Å²) >= 11 is 0. The summed E-state index contributed by atoms with van der Waals surface area (Å²) < 4.78 is 10.6. The van der Waals surface area contributed by atoms with Gasteiger partial charge in [0.25, 0.3) is 0 Å². The molecule has 2 aromatic rings. The van der Waals surface area contributed by atoms with Crippen molar-refractivity contribution in [3.63, 3.8) is 0 Å². The third kappa shape index (κ3) is 4.51. The van der Waals surface area contributed by atoms with Crippen LogP contribution in [-0.4, -0.2) is 53.5 Å². The van der Waals surface area contributed by atoms with E-state index in [0.717, 1.165) is 37.2 Å². The number of nitrogens with zero attached hydrogens (tertiary/aromatic N) is 3. The normalized spacial score (nSPS) is 17.0. The molecule has 0 saturated carbocycles. The van der Waals surface area contributed by atoms with Gasteiger partial charge in [0.2, 0.25) is 5.89 Å². The molecule has 0 bridgehead atoms. The molecular formula is C18H24N4O4. The van der Waals surface area contributed by atoms with Gasteiger partial charge in [-0.05, 0) is 50.7 Å². The Morgan fingerprint density at radius 2 is 2.08 bits per heavy atom. The number of nitrogens with one attached hydrogen (secondary N) is 1. The highest BCUT2D eigenvalue weighted by atomic mass is 16.5. The van der Waals surface area contributed by atoms with Gasteiger partial charge >= 0.3 is 6.09 Å². The first kappa shape index (κ1) is 18.2. The van der Waals surface area contributed by atoms with Gasteiger partial charge in [0.05, 0.1) is 13.2 Å². The van der Waals surface area contributed by atoms with Crippen LogP contribution in [0, 0.1) is 0 Å². The highest BCUT2D eigenvalue weighted by Gasteiger charge is 2.26. The Morgan fingerprint density at radius 1 is 1.38 bits per heavy atom. The van der Waals surface area contributed by atoms with Crippen LogP contribution < -0.4 is 10.1 Å². The van der Waals surface area contributed by atoms with E-state index >= 15 is 0 Å². The number of rotatable bonds is 6. The standard InChI is InChI=1S/C18H24N4O4/c1-22-9-7-13(8-10-22)17-20-16(21-26-17)15(19-18(23)24)11-12-3-5-14(25-2)6-4-12/h3-6,13,15,19H,7-11H2,1-2H3,(H,23,24). The van der Waals surface area contributed by atoms with Gasteiger partial charge in [-0.15, -0.1) is 0 Å². The molecule has 8 heteroatoms. The molecule has 1 aliphatic rings. The number of carbonyl (C=O) groups is 1. The molecule has 1 saturated heterocycles. The fraction of sp³-hybridized carbons (Fsp3) is 0.500. The van der Waals surface area contributed by atoms with Crippen LogP contribution in [0.5, 0.6) is 5.75 Å². The van der Waals surface area contributed by atoms with E-state index in [1.165, 1.54) is 0 Å². The summed E-state index contributed by atoms with van der Waals surface area (Å²) in [5.41, 5.74) is 0.954. The van der Waals surface area contributed by atoms with Crippen molar-refractivity contribution in [2.45, 2.75) is 31.2 Å². The number of benzene rings is 1. The van der Waals surface area contributed by atoms with Crippen molar-refractivity contribution in [1.29, 1.82) is 0 Å². The molecule has 1 unspecified atom stereocenters. The summed E-state index contributed by atoms with van der Waals surface area (Å²) in [5, 5.41) is 15.7. The Kier molecular flexibility index (Phi) is 5.72. The third-order valence-electron chi connectivity index (χ3n) is 4.73. The Morgan fingerprint density at radius 3 is 2.69 bits per heavy atom. The molecule has 1 aromatic heterocycles. The first-order valence-corrected chi connectivity index (χ1v) is 8.69. The van der Waals surface area contributed by atoms with Crippen LogP contribution in [0.25, 0.3) is 0 Å². The van der Waals surface area contributed by atoms with Gasteiger partial charge < -0.3 is 24.6 Å². The van der Waals surface area contributed by atoms with Gasteiger partial charge in [-0.1, -0.05) is 17.3 Å². The minimum absolute atomic E-state index is 0.235. The molecule has 3 rings (SSSR count). The lowest BCUT2D eigenvalue weighted by Crippen LogP contribution is -2.30. The lowest BCUT2D eigenvalue weighted by molar-refractivity contribution is 0.189. The van der Waals surface area contributed by atoms with Crippen LogP contribution in [0.15, 0.2) is 28.8 Å². The summed E-state index contributed by atoms with van der Waals surface area (Å²) in [5.74, 6) is 1.96. The minimum atomic E-state index is -1.12. The zero-order valence-electron chi connectivity index (χ0n) is 15.0. The first-order valence-electron chi connectivity index (χ1n) is 8.69. The number of hydrogen-bond donors (Lipinski definition) is 2. The number of piperidine rings is 1. The SMILES string of the molecule is COc1ccc(CC(NC(=O)O)c2noc(C3CCN(C)CC3)n2)cc1. The lowest BCUT2D eigenvalue weighted by Gasteiger charge is -2.26. The maximum absolute atomic E-state index is 11.2. The van der Waals surface area contributed by atoms with E-state index in [9.17, 15) is 4.79 Å². The van der Waals surface area contributed by atoms with E-state index < -0.39 is 12.1 Å². The van der Waals surface area contributed by atoms with Crippen molar-refractivity contribution in [2.75, 3.05) is 27.2 Å². The molecule has 8 nitrogen and oxygen atoms in total. The summed E-state index contributed by atoms with van der Waals surface area (Å²) in [6.45, 7) is 1.98. The summed E-state index contributed by atoms with van der Waals surface area (Å²) in [6, 6.07) is 6.91. The van der Waals surface area contributed by atoms with Crippen molar-refractivity contribution in [2.24, 2.45) is 0 Å². The maximum Gasteiger partial charge on any atom is 0.405 e. The molecule has 0 aliphatic carbocycles. The van der Waals surface area contributed by atoms with Gasteiger partial charge in [-0.25, -0.2) is 4.79 Å². The highest BCUT2D eigenvalue weighted by Crippen LogP contribution is 2.27. The van der Waals surface area contributed by atoms with Crippen LogP contribution in [0.3, 0.4) is 0 Å². The molecule has 1 aliphatic heterocycles. The van der Waals surface area contributed by atoms with Crippen molar-refractivity contribution in [1.82, 2.24) is 20.4 Å². The number of hydrogen-bond acceptors (Lipinski definition) is 6. The molecular weight excluding hydrogens is 336 g/mol. The summed E-state index contributed by atoms with van der Waals surface area (Å²) in [4.78, 5) is 18.0. The number of aromatic nitrogens is 2. The van der Waals surface area contributed by atoms with E-state index in [0.29, 0.717) is 18.1 Å². The molecule has 140 valence electrons. The van der Waals surface area contributed by atoms with Crippen molar-refractivity contribution in [3.8, 4) is 5.75 Å². The summed E-state index contributed by atoms with van der Waals surface area (Å²) in [6.07, 6.45) is 1.25. The van der Waals surface area contributed by atoms with Crippen LogP contribution in [0.2, 0.25) is 0 Å². The highest BCUT2D eigenvalue weighted by molar-refractivity contribution is 5.65. The number of methoxy groups -OCH3 is 1. The van der Waals surface area contributed by atoms with Crippen molar-refractivity contribution >= 4 is 6.09 Å². The van der Waals surface area contributed by atoms with Crippen LogP contribution >= 0.6 is 0 Å². The van der Waals surface area contributed by atoms with Gasteiger partial charge in [0, 0.05) is 12.3 Å². The molecule has 1 atom stereocenters. The monoisotopic (exact) mass is 360 g/mol. The van der Waals surface area contributed by atoms with Crippen LogP contribution in [0.4, 0.5) is 4.79 Å². The van der Waals surface area contributed by atoms with Crippen LogP contribution in [0.1, 0.15) is 42.1 Å². The quantitative estimate of drug-likeness (QED) is 0.816. The fourth-order valence-corrected chi connectivity index (χ4v) is 3.16. The number of ether oxygens (including phenoxy) is 1. The van der Waals surface area contributed by atoms with E-state index in [-0.39, 0.29) is 5.92 Å². The minimum Gasteiger partial charge on any atom is -0.497 e. The average molecular weight is 360 g/mol. The molecule has 1 aromatic carbocycles. The van der Waals surface area contributed by atoms with E-state index in [1.807, 2.05) is 24.3 Å². The summed E-state index contributed by atoms with van der Waals surface area (Å²) in [7, 11) is 3.70. The molecule has 0 radical (unpaired) electrons. The van der Waals surface area contributed by atoms with E-state index in [4.69, 9.17) is 14.4 Å². The zero-order valence-corrected chi connectivity index (χ0v) is 15.0. The second kappa shape index (κ2) is 8.18. The van der Waals surface area contributed by atoms with Gasteiger partial charge in [0.15, 0.2) is 5.82 Å². The second-order valence-electron chi connectivity index (χ2n) is 6.62. The van der Waals surface area contributed by atoms with Crippen molar-refractivity contribution in [3.05, 3.63) is 41.5 Å². The number of likely N-dealkylation sites (tertiary alicyclic amines) is 1.